The minimum atomic E-state index is -0.396. The number of likely N-dealkylation sites (N-methyl/N-ethyl adjacent to an activating group) is 1. The van der Waals surface area contributed by atoms with Gasteiger partial charge in [0.15, 0.2) is 11.5 Å². The van der Waals surface area contributed by atoms with Crippen LogP contribution in [0.3, 0.4) is 0 Å². The van der Waals surface area contributed by atoms with E-state index in [1.807, 2.05) is 55.6 Å². The van der Waals surface area contributed by atoms with Crippen molar-refractivity contribution in [3.05, 3.63) is 59.1 Å². The van der Waals surface area contributed by atoms with Gasteiger partial charge in [-0.3, -0.25) is 4.79 Å². The minimum Gasteiger partial charge on any atom is -0.493 e. The Morgan fingerprint density at radius 1 is 1.15 bits per heavy atom. The van der Waals surface area contributed by atoms with E-state index in [4.69, 9.17) is 21.1 Å². The van der Waals surface area contributed by atoms with Crippen LogP contribution in [0, 0.1) is 5.41 Å². The number of nitrogens with one attached hydrogen (secondary N) is 1. The van der Waals surface area contributed by atoms with Crippen LogP contribution in [0.5, 0.6) is 11.5 Å². The van der Waals surface area contributed by atoms with Crippen LogP contribution in [0.1, 0.15) is 5.56 Å². The van der Waals surface area contributed by atoms with E-state index in [9.17, 15) is 4.79 Å². The molecule has 0 unspecified atom stereocenters. The smallest absolute Gasteiger partial charge is 0.231 e. The summed E-state index contributed by atoms with van der Waals surface area (Å²) in [5.41, 5.74) is 0.723. The molecule has 1 aliphatic rings. The number of ether oxygens (including phenoxy) is 2. The van der Waals surface area contributed by atoms with E-state index < -0.39 is 5.41 Å². The molecular weight excluding hydrogens is 364 g/mol. The predicted octanol–water partition coefficient (Wildman–Crippen LogP) is 3.02. The highest BCUT2D eigenvalue weighted by Crippen LogP contribution is 2.31. The van der Waals surface area contributed by atoms with E-state index in [1.165, 1.54) is 0 Å². The lowest BCUT2D eigenvalue weighted by Gasteiger charge is -2.43. The average Bonchev–Trinajstić information content (AvgIpc) is 2.66. The Bertz CT molecular complexity index is 775. The molecule has 1 aliphatic heterocycles. The van der Waals surface area contributed by atoms with Crippen LogP contribution in [0.15, 0.2) is 48.5 Å². The average molecular weight is 389 g/mol. The van der Waals surface area contributed by atoms with Gasteiger partial charge in [0.25, 0.3) is 0 Å². The maximum absolute atomic E-state index is 13.1. The lowest BCUT2D eigenvalue weighted by molar-refractivity contribution is -0.144. The Kier molecular flexibility index (Phi) is 6.24. The summed E-state index contributed by atoms with van der Waals surface area (Å²) in [4.78, 5) is 14.8. The molecule has 0 saturated carbocycles. The standard InChI is InChI=1S/C21H25ClN2O3/c1-24(11-12-27-19-6-4-3-5-18(19)26-2)20(25)21(14-23-15-21)13-16-7-9-17(22)10-8-16/h3-10,23H,11-15H2,1-2H3. The summed E-state index contributed by atoms with van der Waals surface area (Å²) >= 11 is 5.96. The second-order valence-electron chi connectivity index (χ2n) is 6.91. The fraction of sp³-hybridized carbons (Fsp3) is 0.381. The number of hydrogen-bond acceptors (Lipinski definition) is 4. The lowest BCUT2D eigenvalue weighted by Crippen LogP contribution is -2.63. The highest BCUT2D eigenvalue weighted by atomic mass is 35.5. The van der Waals surface area contributed by atoms with E-state index in [1.54, 1.807) is 12.0 Å². The molecule has 0 aliphatic carbocycles. The first kappa shape index (κ1) is 19.5. The van der Waals surface area contributed by atoms with Crippen molar-refractivity contribution in [1.82, 2.24) is 10.2 Å². The second-order valence-corrected chi connectivity index (χ2v) is 7.35. The number of rotatable bonds is 8. The Morgan fingerprint density at radius 3 is 2.41 bits per heavy atom. The molecule has 27 heavy (non-hydrogen) atoms. The number of carbonyl (C=O) groups excluding carboxylic acids is 1. The quantitative estimate of drug-likeness (QED) is 0.755. The molecule has 1 fully saturated rings. The number of carbonyl (C=O) groups is 1. The maximum atomic E-state index is 13.1. The molecule has 144 valence electrons. The van der Waals surface area contributed by atoms with Gasteiger partial charge in [-0.05, 0) is 36.2 Å². The zero-order valence-electron chi connectivity index (χ0n) is 15.7. The Balaban J connectivity index is 1.57. The van der Waals surface area contributed by atoms with Crippen LogP contribution in [-0.2, 0) is 11.2 Å². The summed E-state index contributed by atoms with van der Waals surface area (Å²) in [6.07, 6.45) is 0.702. The Morgan fingerprint density at radius 2 is 1.81 bits per heavy atom. The topological polar surface area (TPSA) is 50.8 Å². The molecule has 5 nitrogen and oxygen atoms in total. The highest BCUT2D eigenvalue weighted by Gasteiger charge is 2.45. The van der Waals surface area contributed by atoms with Gasteiger partial charge in [-0.25, -0.2) is 0 Å². The van der Waals surface area contributed by atoms with Crippen molar-refractivity contribution in [3.8, 4) is 11.5 Å². The number of benzene rings is 2. The molecule has 2 aromatic carbocycles. The molecule has 0 spiro atoms. The lowest BCUT2D eigenvalue weighted by atomic mass is 9.75. The Labute approximate surface area is 165 Å². The maximum Gasteiger partial charge on any atom is 0.231 e. The first-order valence-corrected chi connectivity index (χ1v) is 9.38. The fourth-order valence-corrected chi connectivity index (χ4v) is 3.43. The van der Waals surface area contributed by atoms with Gasteiger partial charge in [-0.15, -0.1) is 0 Å². The van der Waals surface area contributed by atoms with Crippen molar-refractivity contribution >= 4 is 17.5 Å². The number of amides is 1. The summed E-state index contributed by atoms with van der Waals surface area (Å²) in [6, 6.07) is 15.2. The zero-order valence-corrected chi connectivity index (χ0v) is 16.5. The fourth-order valence-electron chi connectivity index (χ4n) is 3.31. The molecule has 1 saturated heterocycles. The van der Waals surface area contributed by atoms with Crippen molar-refractivity contribution in [2.75, 3.05) is 40.4 Å². The third-order valence-corrected chi connectivity index (χ3v) is 5.19. The second kappa shape index (κ2) is 8.63. The van der Waals surface area contributed by atoms with Crippen LogP contribution in [0.25, 0.3) is 0 Å². The van der Waals surface area contributed by atoms with Crippen LogP contribution in [0.2, 0.25) is 5.02 Å². The van der Waals surface area contributed by atoms with Gasteiger partial charge in [-0.1, -0.05) is 35.9 Å². The summed E-state index contributed by atoms with van der Waals surface area (Å²) in [6.45, 7) is 2.30. The summed E-state index contributed by atoms with van der Waals surface area (Å²) in [7, 11) is 3.44. The van der Waals surface area contributed by atoms with Gasteiger partial charge < -0.3 is 19.7 Å². The number of para-hydroxylation sites is 2. The van der Waals surface area contributed by atoms with Gasteiger partial charge >= 0.3 is 0 Å². The van der Waals surface area contributed by atoms with Crippen molar-refractivity contribution in [2.24, 2.45) is 5.41 Å². The van der Waals surface area contributed by atoms with E-state index >= 15 is 0 Å². The molecule has 0 atom stereocenters. The van der Waals surface area contributed by atoms with Crippen LogP contribution < -0.4 is 14.8 Å². The molecule has 1 N–H and O–H groups in total. The molecule has 1 heterocycles. The predicted molar refractivity (Wildman–Crippen MR) is 107 cm³/mol. The third-order valence-electron chi connectivity index (χ3n) is 4.94. The monoisotopic (exact) mass is 388 g/mol. The van der Waals surface area contributed by atoms with Gasteiger partial charge in [-0.2, -0.15) is 0 Å². The van der Waals surface area contributed by atoms with E-state index in [0.717, 1.165) is 5.56 Å². The van der Waals surface area contributed by atoms with E-state index in [0.29, 0.717) is 49.2 Å². The van der Waals surface area contributed by atoms with E-state index in [2.05, 4.69) is 5.32 Å². The highest BCUT2D eigenvalue weighted by molar-refractivity contribution is 6.30. The van der Waals surface area contributed by atoms with E-state index in [-0.39, 0.29) is 5.91 Å². The zero-order chi connectivity index (χ0) is 19.3. The SMILES string of the molecule is COc1ccccc1OCCN(C)C(=O)C1(Cc2ccc(Cl)cc2)CNC1. The van der Waals surface area contributed by atoms with Crippen molar-refractivity contribution in [3.63, 3.8) is 0 Å². The number of hydrogen-bond donors (Lipinski definition) is 1. The van der Waals surface area contributed by atoms with Crippen LogP contribution in [-0.4, -0.2) is 51.2 Å². The third kappa shape index (κ3) is 4.54. The van der Waals surface area contributed by atoms with Crippen LogP contribution in [0.4, 0.5) is 0 Å². The summed E-state index contributed by atoms with van der Waals surface area (Å²) in [5, 5.41) is 3.95. The molecule has 0 aromatic heterocycles. The molecular formula is C21H25ClN2O3. The largest absolute Gasteiger partial charge is 0.493 e. The first-order valence-electron chi connectivity index (χ1n) is 9.01. The van der Waals surface area contributed by atoms with Gasteiger partial charge in [0, 0.05) is 25.2 Å². The number of nitrogens with zero attached hydrogens (tertiary/aromatic N) is 1. The first-order chi connectivity index (χ1) is 13.0. The van der Waals surface area contributed by atoms with Crippen molar-refractivity contribution < 1.29 is 14.3 Å². The number of methoxy groups -OCH3 is 1. The normalized spacial score (nSPS) is 14.9. The Hall–Kier alpha value is -2.24. The molecule has 0 radical (unpaired) electrons. The van der Waals surface area contributed by atoms with Gasteiger partial charge in [0.1, 0.15) is 6.61 Å². The van der Waals surface area contributed by atoms with Gasteiger partial charge in [0.2, 0.25) is 5.91 Å². The number of halogens is 1. The molecule has 1 amide bonds. The van der Waals surface area contributed by atoms with Crippen molar-refractivity contribution in [1.29, 1.82) is 0 Å². The molecule has 2 aromatic rings. The minimum absolute atomic E-state index is 0.139. The van der Waals surface area contributed by atoms with Crippen LogP contribution >= 0.6 is 11.6 Å². The summed E-state index contributed by atoms with van der Waals surface area (Å²) in [5.74, 6) is 1.51. The molecule has 0 bridgehead atoms. The summed E-state index contributed by atoms with van der Waals surface area (Å²) < 4.78 is 11.1. The molecule has 3 rings (SSSR count). The molecule has 6 heteroatoms. The van der Waals surface area contributed by atoms with Crippen molar-refractivity contribution in [2.45, 2.75) is 6.42 Å². The van der Waals surface area contributed by atoms with Gasteiger partial charge in [0.05, 0.1) is 19.1 Å².